The highest BCUT2D eigenvalue weighted by atomic mass is 35.5. The van der Waals surface area contributed by atoms with Crippen LogP contribution in [0.15, 0.2) is 18.2 Å². The summed E-state index contributed by atoms with van der Waals surface area (Å²) in [5.41, 5.74) is 1.74. The quantitative estimate of drug-likeness (QED) is 0.473. The molecule has 5 heteroatoms. The van der Waals surface area contributed by atoms with Gasteiger partial charge in [0.15, 0.2) is 0 Å². The van der Waals surface area contributed by atoms with Crippen LogP contribution >= 0.6 is 11.6 Å². The molecule has 0 saturated carbocycles. The third-order valence-electron chi connectivity index (χ3n) is 3.19. The van der Waals surface area contributed by atoms with Gasteiger partial charge in [-0.25, -0.2) is 0 Å². The highest BCUT2D eigenvalue weighted by molar-refractivity contribution is 6.17. The Bertz CT molecular complexity index is 437. The molecule has 17 heavy (non-hydrogen) atoms. The smallest absolute Gasteiger partial charge is 0.273 e. The number of rotatable bonds is 3. The predicted octanol–water partition coefficient (Wildman–Crippen LogP) is 3.18. The van der Waals surface area contributed by atoms with E-state index in [0.717, 1.165) is 18.8 Å². The van der Waals surface area contributed by atoms with Crippen molar-refractivity contribution in [2.75, 3.05) is 18.0 Å². The van der Waals surface area contributed by atoms with Crippen LogP contribution in [0.4, 0.5) is 11.4 Å². The number of benzene rings is 1. The fourth-order valence-electron chi connectivity index (χ4n) is 2.22. The number of hydrogen-bond donors (Lipinski definition) is 0. The van der Waals surface area contributed by atoms with Gasteiger partial charge in [0.1, 0.15) is 0 Å². The van der Waals surface area contributed by atoms with Crippen molar-refractivity contribution in [2.24, 2.45) is 5.92 Å². The monoisotopic (exact) mass is 254 g/mol. The van der Waals surface area contributed by atoms with Crippen molar-refractivity contribution >= 4 is 23.0 Å². The van der Waals surface area contributed by atoms with Crippen LogP contribution in [0.2, 0.25) is 0 Å². The van der Waals surface area contributed by atoms with Gasteiger partial charge in [0.05, 0.1) is 10.8 Å². The standard InChI is InChI=1S/C12H15ClN2O2/c1-9-4-5-14(8-9)11-2-3-12(15(16)17)10(6-11)7-13/h2-3,6,9H,4-5,7-8H2,1H3. The highest BCUT2D eigenvalue weighted by Gasteiger charge is 2.21. The van der Waals surface area contributed by atoms with Crippen LogP contribution in [-0.2, 0) is 5.88 Å². The number of anilines is 1. The summed E-state index contributed by atoms with van der Waals surface area (Å²) in [4.78, 5) is 12.7. The normalized spacial score (nSPS) is 19.6. The lowest BCUT2D eigenvalue weighted by atomic mass is 10.1. The van der Waals surface area contributed by atoms with Gasteiger partial charge in [-0.3, -0.25) is 10.1 Å². The Morgan fingerprint density at radius 3 is 2.88 bits per heavy atom. The lowest BCUT2D eigenvalue weighted by Crippen LogP contribution is -2.19. The van der Waals surface area contributed by atoms with Crippen molar-refractivity contribution in [1.29, 1.82) is 0 Å². The van der Waals surface area contributed by atoms with E-state index in [4.69, 9.17) is 11.6 Å². The number of halogens is 1. The molecule has 1 aromatic carbocycles. The first-order valence-electron chi connectivity index (χ1n) is 5.70. The molecule has 1 atom stereocenters. The molecular weight excluding hydrogens is 240 g/mol. The fraction of sp³-hybridized carbons (Fsp3) is 0.500. The second-order valence-corrected chi connectivity index (χ2v) is 4.81. The van der Waals surface area contributed by atoms with E-state index < -0.39 is 0 Å². The zero-order valence-corrected chi connectivity index (χ0v) is 10.5. The molecule has 0 spiro atoms. The van der Waals surface area contributed by atoms with Crippen LogP contribution < -0.4 is 4.90 Å². The summed E-state index contributed by atoms with van der Waals surface area (Å²) in [6.07, 6.45) is 1.17. The predicted molar refractivity (Wildman–Crippen MR) is 68.6 cm³/mol. The third kappa shape index (κ3) is 2.52. The minimum atomic E-state index is -0.381. The molecule has 1 heterocycles. The van der Waals surface area contributed by atoms with Crippen LogP contribution in [0.5, 0.6) is 0 Å². The number of nitro groups is 1. The first kappa shape index (κ1) is 12.2. The molecule has 92 valence electrons. The average Bonchev–Trinajstić information content (AvgIpc) is 2.75. The molecule has 4 nitrogen and oxygen atoms in total. The molecule has 0 amide bonds. The Kier molecular flexibility index (Phi) is 3.52. The molecular formula is C12H15ClN2O2. The largest absolute Gasteiger partial charge is 0.371 e. The van der Waals surface area contributed by atoms with Crippen LogP contribution in [0, 0.1) is 16.0 Å². The van der Waals surface area contributed by atoms with Gasteiger partial charge in [-0.05, 0) is 24.5 Å². The highest BCUT2D eigenvalue weighted by Crippen LogP contribution is 2.29. The molecule has 0 radical (unpaired) electrons. The zero-order valence-electron chi connectivity index (χ0n) is 9.73. The maximum Gasteiger partial charge on any atom is 0.273 e. The van der Waals surface area contributed by atoms with Crippen LogP contribution in [-0.4, -0.2) is 18.0 Å². The SMILES string of the molecule is CC1CCN(c2ccc([N+](=O)[O-])c(CCl)c2)C1. The molecule has 1 fully saturated rings. The Morgan fingerprint density at radius 2 is 2.35 bits per heavy atom. The van der Waals surface area contributed by atoms with Gasteiger partial charge in [-0.1, -0.05) is 6.92 Å². The fourth-order valence-corrected chi connectivity index (χ4v) is 2.44. The molecule has 0 aromatic heterocycles. The van der Waals surface area contributed by atoms with Crippen molar-refractivity contribution in [3.63, 3.8) is 0 Å². The van der Waals surface area contributed by atoms with E-state index in [2.05, 4.69) is 11.8 Å². The Labute approximate surface area is 105 Å². The van der Waals surface area contributed by atoms with E-state index >= 15 is 0 Å². The van der Waals surface area contributed by atoms with Crippen LogP contribution in [0.3, 0.4) is 0 Å². The number of alkyl halides is 1. The van der Waals surface area contributed by atoms with E-state index in [0.29, 0.717) is 11.5 Å². The van der Waals surface area contributed by atoms with Gasteiger partial charge in [0, 0.05) is 30.4 Å². The lowest BCUT2D eigenvalue weighted by Gasteiger charge is -2.18. The van der Waals surface area contributed by atoms with Gasteiger partial charge < -0.3 is 4.90 Å². The van der Waals surface area contributed by atoms with Gasteiger partial charge in [-0.15, -0.1) is 11.6 Å². The van der Waals surface area contributed by atoms with Crippen molar-refractivity contribution < 1.29 is 4.92 Å². The topological polar surface area (TPSA) is 46.4 Å². The van der Waals surface area contributed by atoms with E-state index in [1.807, 2.05) is 12.1 Å². The van der Waals surface area contributed by atoms with Gasteiger partial charge in [0.25, 0.3) is 5.69 Å². The summed E-state index contributed by atoms with van der Waals surface area (Å²) in [6, 6.07) is 5.20. The Balaban J connectivity index is 2.28. The third-order valence-corrected chi connectivity index (χ3v) is 3.48. The maximum absolute atomic E-state index is 10.8. The summed E-state index contributed by atoms with van der Waals surface area (Å²) in [6.45, 7) is 4.24. The molecule has 1 aliphatic rings. The molecule has 1 aliphatic heterocycles. The molecule has 0 N–H and O–H groups in total. The summed E-state index contributed by atoms with van der Waals surface area (Å²) in [5.74, 6) is 0.859. The number of hydrogen-bond acceptors (Lipinski definition) is 3. The van der Waals surface area contributed by atoms with Gasteiger partial charge in [-0.2, -0.15) is 0 Å². The van der Waals surface area contributed by atoms with Crippen molar-refractivity contribution in [3.8, 4) is 0 Å². The van der Waals surface area contributed by atoms with Crippen LogP contribution in [0.1, 0.15) is 18.9 Å². The maximum atomic E-state index is 10.8. The number of nitrogens with zero attached hydrogens (tertiary/aromatic N) is 2. The lowest BCUT2D eigenvalue weighted by molar-refractivity contribution is -0.385. The van der Waals surface area contributed by atoms with E-state index in [9.17, 15) is 10.1 Å². The molecule has 1 aromatic rings. The van der Waals surface area contributed by atoms with Crippen molar-refractivity contribution in [2.45, 2.75) is 19.2 Å². The van der Waals surface area contributed by atoms with Gasteiger partial charge in [0.2, 0.25) is 0 Å². The first-order valence-corrected chi connectivity index (χ1v) is 6.23. The van der Waals surface area contributed by atoms with Crippen LogP contribution in [0.25, 0.3) is 0 Å². The molecule has 2 rings (SSSR count). The first-order chi connectivity index (χ1) is 8.11. The number of nitro benzene ring substituents is 1. The second-order valence-electron chi connectivity index (χ2n) is 4.54. The zero-order chi connectivity index (χ0) is 12.4. The molecule has 1 unspecified atom stereocenters. The average molecular weight is 255 g/mol. The van der Waals surface area contributed by atoms with Gasteiger partial charge >= 0.3 is 0 Å². The van der Waals surface area contributed by atoms with E-state index in [-0.39, 0.29) is 16.5 Å². The molecule has 0 aliphatic carbocycles. The minimum absolute atomic E-state index is 0.107. The summed E-state index contributed by atoms with van der Waals surface area (Å²) in [5, 5.41) is 10.8. The summed E-state index contributed by atoms with van der Waals surface area (Å²) in [7, 11) is 0. The minimum Gasteiger partial charge on any atom is -0.371 e. The van der Waals surface area contributed by atoms with Crippen molar-refractivity contribution in [3.05, 3.63) is 33.9 Å². The van der Waals surface area contributed by atoms with Crippen molar-refractivity contribution in [1.82, 2.24) is 0 Å². The Morgan fingerprint density at radius 1 is 1.59 bits per heavy atom. The summed E-state index contributed by atoms with van der Waals surface area (Å²) >= 11 is 5.76. The Hall–Kier alpha value is -1.29. The molecule has 1 saturated heterocycles. The van der Waals surface area contributed by atoms with E-state index in [1.54, 1.807) is 6.07 Å². The summed E-state index contributed by atoms with van der Waals surface area (Å²) < 4.78 is 0. The second kappa shape index (κ2) is 4.92. The molecule has 0 bridgehead atoms. The van der Waals surface area contributed by atoms with E-state index in [1.165, 1.54) is 6.42 Å².